The lowest BCUT2D eigenvalue weighted by molar-refractivity contribution is 0.415. The zero-order valence-corrected chi connectivity index (χ0v) is 14.5. The molecule has 1 fully saturated rings. The summed E-state index contributed by atoms with van der Waals surface area (Å²) in [6.45, 7) is 5.20. The van der Waals surface area contributed by atoms with Gasteiger partial charge in [0, 0.05) is 29.2 Å². The van der Waals surface area contributed by atoms with E-state index in [0.29, 0.717) is 13.1 Å². The molecule has 1 saturated heterocycles. The zero-order valence-electron chi connectivity index (χ0n) is 12.1. The minimum atomic E-state index is -3.59. The molecule has 118 valence electrons. The second-order valence-electron chi connectivity index (χ2n) is 5.65. The van der Waals surface area contributed by atoms with E-state index in [9.17, 15) is 12.8 Å². The van der Waals surface area contributed by atoms with Crippen molar-refractivity contribution in [2.45, 2.75) is 35.8 Å². The van der Waals surface area contributed by atoms with Crippen LogP contribution in [0.5, 0.6) is 0 Å². The predicted molar refractivity (Wildman–Crippen MR) is 85.9 cm³/mol. The highest BCUT2D eigenvalue weighted by Gasteiger charge is 2.31. The first-order valence-electron chi connectivity index (χ1n) is 6.75. The van der Waals surface area contributed by atoms with Crippen molar-refractivity contribution in [1.29, 1.82) is 0 Å². The molecule has 1 aromatic carbocycles. The van der Waals surface area contributed by atoms with Crippen molar-refractivity contribution < 1.29 is 12.8 Å². The third-order valence-corrected chi connectivity index (χ3v) is 7.15. The van der Waals surface area contributed by atoms with E-state index in [-0.39, 0.29) is 21.1 Å². The average molecular weight is 352 g/mol. The lowest BCUT2D eigenvalue weighted by atomic mass is 10.1. The van der Waals surface area contributed by atoms with Crippen molar-refractivity contribution in [1.82, 2.24) is 4.31 Å². The maximum absolute atomic E-state index is 13.5. The summed E-state index contributed by atoms with van der Waals surface area (Å²) in [5.74, 6) is 0.241. The molecule has 3 nitrogen and oxygen atoms in total. The molecule has 0 bridgehead atoms. The van der Waals surface area contributed by atoms with Gasteiger partial charge in [0.25, 0.3) is 0 Å². The largest absolute Gasteiger partial charge is 0.243 e. The minimum Gasteiger partial charge on any atom is -0.207 e. The normalized spacial score (nSPS) is 20.2. The van der Waals surface area contributed by atoms with Gasteiger partial charge in [-0.3, -0.25) is 0 Å². The van der Waals surface area contributed by atoms with E-state index in [0.717, 1.165) is 12.2 Å². The van der Waals surface area contributed by atoms with Crippen LogP contribution in [-0.4, -0.2) is 36.3 Å². The number of hydrogen-bond acceptors (Lipinski definition) is 3. The SMILES string of the molecule is CC1(C)CCN(S(=O)(=O)c2ccc(F)c(CCl)c2)CCS1. The number of sulfonamides is 1. The monoisotopic (exact) mass is 351 g/mol. The van der Waals surface area contributed by atoms with Crippen LogP contribution in [0.2, 0.25) is 0 Å². The molecule has 7 heteroatoms. The second-order valence-corrected chi connectivity index (χ2v) is 9.66. The Morgan fingerprint density at radius 3 is 2.76 bits per heavy atom. The first-order valence-corrected chi connectivity index (χ1v) is 9.71. The molecule has 0 radical (unpaired) electrons. The first-order chi connectivity index (χ1) is 9.76. The van der Waals surface area contributed by atoms with Crippen molar-refractivity contribution >= 4 is 33.4 Å². The van der Waals surface area contributed by atoms with Crippen LogP contribution in [0.4, 0.5) is 4.39 Å². The van der Waals surface area contributed by atoms with E-state index in [1.807, 2.05) is 0 Å². The lowest BCUT2D eigenvalue weighted by Gasteiger charge is -2.22. The third kappa shape index (κ3) is 3.92. The Bertz CT molecular complexity index is 619. The Morgan fingerprint density at radius 2 is 2.10 bits per heavy atom. The molecule has 2 rings (SSSR count). The number of rotatable bonds is 3. The van der Waals surface area contributed by atoms with Gasteiger partial charge >= 0.3 is 0 Å². The molecule has 0 atom stereocenters. The molecular weight excluding hydrogens is 333 g/mol. The fraction of sp³-hybridized carbons (Fsp3) is 0.571. The Hall–Kier alpha value is -0.300. The maximum atomic E-state index is 13.5. The van der Waals surface area contributed by atoms with Crippen LogP contribution in [0.25, 0.3) is 0 Å². The van der Waals surface area contributed by atoms with Crippen LogP contribution in [0.3, 0.4) is 0 Å². The van der Waals surface area contributed by atoms with Crippen molar-refractivity contribution in [2.75, 3.05) is 18.8 Å². The van der Waals surface area contributed by atoms with Crippen molar-refractivity contribution in [3.8, 4) is 0 Å². The number of benzene rings is 1. The van der Waals surface area contributed by atoms with Crippen LogP contribution >= 0.6 is 23.4 Å². The maximum Gasteiger partial charge on any atom is 0.243 e. The zero-order chi connectivity index (χ0) is 15.7. The summed E-state index contributed by atoms with van der Waals surface area (Å²) < 4.78 is 40.4. The fourth-order valence-corrected chi connectivity index (χ4v) is 5.12. The van der Waals surface area contributed by atoms with E-state index < -0.39 is 15.8 Å². The van der Waals surface area contributed by atoms with Gasteiger partial charge in [0.2, 0.25) is 10.0 Å². The molecule has 1 aliphatic heterocycles. The van der Waals surface area contributed by atoms with Crippen LogP contribution in [0.15, 0.2) is 23.1 Å². The number of halogens is 2. The molecule has 1 aliphatic rings. The van der Waals surface area contributed by atoms with E-state index in [2.05, 4.69) is 13.8 Å². The van der Waals surface area contributed by atoms with Gasteiger partial charge in [-0.15, -0.1) is 11.6 Å². The topological polar surface area (TPSA) is 37.4 Å². The summed E-state index contributed by atoms with van der Waals surface area (Å²) >= 11 is 7.43. The Balaban J connectivity index is 2.29. The molecule has 0 saturated carbocycles. The summed E-state index contributed by atoms with van der Waals surface area (Å²) in [7, 11) is -3.59. The van der Waals surface area contributed by atoms with Gasteiger partial charge in [-0.05, 0) is 24.6 Å². The highest BCUT2D eigenvalue weighted by molar-refractivity contribution is 8.00. The number of thioether (sulfide) groups is 1. The fourth-order valence-electron chi connectivity index (χ4n) is 2.21. The molecule has 0 unspecified atom stereocenters. The van der Waals surface area contributed by atoms with Crippen LogP contribution in [-0.2, 0) is 15.9 Å². The van der Waals surface area contributed by atoms with Gasteiger partial charge in [0.15, 0.2) is 0 Å². The number of alkyl halides is 1. The summed E-state index contributed by atoms with van der Waals surface area (Å²) in [5, 5.41) is 0. The molecule has 0 aromatic heterocycles. The summed E-state index contributed by atoms with van der Waals surface area (Å²) in [6, 6.07) is 3.81. The summed E-state index contributed by atoms with van der Waals surface area (Å²) in [5.41, 5.74) is 0.210. The Kier molecular flexibility index (Phi) is 5.23. The second kappa shape index (κ2) is 6.44. The van der Waals surface area contributed by atoms with E-state index >= 15 is 0 Å². The van der Waals surface area contributed by atoms with Crippen LogP contribution in [0.1, 0.15) is 25.8 Å². The number of hydrogen-bond donors (Lipinski definition) is 0. The van der Waals surface area contributed by atoms with Gasteiger partial charge in [0.05, 0.1) is 10.8 Å². The van der Waals surface area contributed by atoms with Crippen molar-refractivity contribution in [2.24, 2.45) is 0 Å². The van der Waals surface area contributed by atoms with Gasteiger partial charge < -0.3 is 0 Å². The molecule has 0 spiro atoms. The minimum absolute atomic E-state index is 0.0436. The van der Waals surface area contributed by atoms with E-state index in [4.69, 9.17) is 11.6 Å². The van der Waals surface area contributed by atoms with Gasteiger partial charge in [-0.1, -0.05) is 13.8 Å². The Labute approximate surface area is 134 Å². The average Bonchev–Trinajstić information content (AvgIpc) is 2.60. The molecule has 21 heavy (non-hydrogen) atoms. The highest BCUT2D eigenvalue weighted by atomic mass is 35.5. The standard InChI is InChI=1S/C14H19ClFNO2S2/c1-14(2)5-6-17(7-8-20-14)21(18,19)12-3-4-13(16)11(9-12)10-15/h3-4,9H,5-8,10H2,1-2H3. The summed E-state index contributed by atoms with van der Waals surface area (Å²) in [6.07, 6.45) is 0.792. The quantitative estimate of drug-likeness (QED) is 0.782. The Morgan fingerprint density at radius 1 is 1.38 bits per heavy atom. The van der Waals surface area contributed by atoms with Crippen LogP contribution < -0.4 is 0 Å². The van der Waals surface area contributed by atoms with Gasteiger partial charge in [-0.25, -0.2) is 12.8 Å². The molecule has 0 N–H and O–H groups in total. The van der Waals surface area contributed by atoms with Crippen LogP contribution in [0, 0.1) is 5.82 Å². The van der Waals surface area contributed by atoms with Crippen molar-refractivity contribution in [3.05, 3.63) is 29.6 Å². The molecular formula is C14H19ClFNO2S2. The molecule has 0 aliphatic carbocycles. The predicted octanol–water partition coefficient (Wildman–Crippen LogP) is 3.47. The molecule has 1 aromatic rings. The lowest BCUT2D eigenvalue weighted by Crippen LogP contribution is -2.33. The van der Waals surface area contributed by atoms with Gasteiger partial charge in [0.1, 0.15) is 5.82 Å². The third-order valence-electron chi connectivity index (χ3n) is 3.60. The number of nitrogens with zero attached hydrogens (tertiary/aromatic N) is 1. The summed E-state index contributed by atoms with van der Waals surface area (Å²) in [4.78, 5) is 0.115. The molecule has 0 amide bonds. The molecule has 1 heterocycles. The first kappa shape index (κ1) is 17.1. The smallest absolute Gasteiger partial charge is 0.207 e. The van der Waals surface area contributed by atoms with Gasteiger partial charge in [-0.2, -0.15) is 16.1 Å². The van der Waals surface area contributed by atoms with E-state index in [1.54, 1.807) is 11.8 Å². The van der Waals surface area contributed by atoms with Crippen molar-refractivity contribution in [3.63, 3.8) is 0 Å². The highest BCUT2D eigenvalue weighted by Crippen LogP contribution is 2.32. The van der Waals surface area contributed by atoms with E-state index in [1.165, 1.54) is 22.5 Å².